The summed E-state index contributed by atoms with van der Waals surface area (Å²) in [6, 6.07) is 7.41. The number of thiol groups is 1. The summed E-state index contributed by atoms with van der Waals surface area (Å²) in [7, 11) is 0. The van der Waals surface area contributed by atoms with Crippen molar-refractivity contribution in [1.29, 1.82) is 0 Å². The summed E-state index contributed by atoms with van der Waals surface area (Å²) in [5.74, 6) is 1.18. The molecule has 0 aliphatic carbocycles. The molecule has 0 radical (unpaired) electrons. The first-order valence-electron chi connectivity index (χ1n) is 5.37. The number of nitrogens with zero attached hydrogens (tertiary/aromatic N) is 1. The maximum absolute atomic E-state index is 12.1. The molecule has 16 heavy (non-hydrogen) atoms. The molecule has 2 rings (SSSR count). The van der Waals surface area contributed by atoms with E-state index in [9.17, 15) is 4.79 Å². The lowest BCUT2D eigenvalue weighted by atomic mass is 10.2. The van der Waals surface area contributed by atoms with Crippen LogP contribution in [0.3, 0.4) is 0 Å². The van der Waals surface area contributed by atoms with Crippen molar-refractivity contribution >= 4 is 30.3 Å². The van der Waals surface area contributed by atoms with Crippen LogP contribution < -0.4 is 0 Å². The van der Waals surface area contributed by atoms with Crippen LogP contribution in [0.5, 0.6) is 0 Å². The lowest BCUT2D eigenvalue weighted by Gasteiger charge is -2.30. The van der Waals surface area contributed by atoms with E-state index in [0.29, 0.717) is 5.25 Å². The smallest absolute Gasteiger partial charge is 0.253 e. The second-order valence-electron chi connectivity index (χ2n) is 3.98. The Morgan fingerprint density at radius 1 is 1.44 bits per heavy atom. The Morgan fingerprint density at radius 3 is 2.75 bits per heavy atom. The number of hydrogen-bond donors (Lipinski definition) is 1. The second-order valence-corrected chi connectivity index (χ2v) is 6.04. The van der Waals surface area contributed by atoms with Crippen molar-refractivity contribution < 1.29 is 4.79 Å². The summed E-state index contributed by atoms with van der Waals surface area (Å²) in [6.07, 6.45) is 0. The van der Waals surface area contributed by atoms with Crippen molar-refractivity contribution in [2.45, 2.75) is 17.1 Å². The van der Waals surface area contributed by atoms with Crippen molar-refractivity contribution in [3.63, 3.8) is 0 Å². The van der Waals surface area contributed by atoms with E-state index in [-0.39, 0.29) is 5.91 Å². The molecule has 0 bridgehead atoms. The van der Waals surface area contributed by atoms with Gasteiger partial charge in [0.25, 0.3) is 5.91 Å². The minimum Gasteiger partial charge on any atom is -0.337 e. The monoisotopic (exact) mass is 253 g/mol. The van der Waals surface area contributed by atoms with Crippen LogP contribution in [0.2, 0.25) is 0 Å². The van der Waals surface area contributed by atoms with Gasteiger partial charge in [0, 0.05) is 34.6 Å². The topological polar surface area (TPSA) is 20.3 Å². The van der Waals surface area contributed by atoms with Crippen molar-refractivity contribution in [2.24, 2.45) is 0 Å². The molecule has 2 nitrogen and oxygen atoms in total. The number of hydrogen-bond acceptors (Lipinski definition) is 3. The van der Waals surface area contributed by atoms with Gasteiger partial charge in [0.1, 0.15) is 0 Å². The molecule has 1 aliphatic heterocycles. The largest absolute Gasteiger partial charge is 0.337 e. The molecule has 0 saturated carbocycles. The molecule has 1 aromatic carbocycles. The molecular formula is C12H15NOS2. The average Bonchev–Trinajstić information content (AvgIpc) is 2.29. The first-order chi connectivity index (χ1) is 7.66. The van der Waals surface area contributed by atoms with Gasteiger partial charge in [-0.1, -0.05) is 6.92 Å². The van der Waals surface area contributed by atoms with E-state index in [1.54, 1.807) is 0 Å². The van der Waals surface area contributed by atoms with Crippen molar-refractivity contribution in [1.82, 2.24) is 4.90 Å². The zero-order chi connectivity index (χ0) is 11.5. The van der Waals surface area contributed by atoms with Crippen LogP contribution in [0, 0.1) is 0 Å². The molecule has 4 heteroatoms. The predicted molar refractivity (Wildman–Crippen MR) is 71.5 cm³/mol. The number of carbonyl (C=O) groups is 1. The highest BCUT2D eigenvalue weighted by molar-refractivity contribution is 7.99. The highest BCUT2D eigenvalue weighted by atomic mass is 32.2. The van der Waals surface area contributed by atoms with E-state index in [4.69, 9.17) is 0 Å². The Bertz CT molecular complexity index is 377. The van der Waals surface area contributed by atoms with Crippen molar-refractivity contribution in [2.75, 3.05) is 18.8 Å². The first-order valence-corrected chi connectivity index (χ1v) is 6.86. The Morgan fingerprint density at radius 2 is 2.12 bits per heavy atom. The summed E-state index contributed by atoms with van der Waals surface area (Å²) in [6.45, 7) is 3.88. The molecule has 1 aliphatic rings. The molecule has 1 heterocycles. The predicted octanol–water partition coefficient (Wildman–Crippen LogP) is 2.55. The minimum atomic E-state index is 0.139. The van der Waals surface area contributed by atoms with Gasteiger partial charge in [-0.05, 0) is 24.3 Å². The van der Waals surface area contributed by atoms with Crippen molar-refractivity contribution in [3.8, 4) is 0 Å². The fraction of sp³-hybridized carbons (Fsp3) is 0.417. The van der Waals surface area contributed by atoms with E-state index in [0.717, 1.165) is 29.3 Å². The lowest BCUT2D eigenvalue weighted by molar-refractivity contribution is 0.0763. The molecule has 1 fully saturated rings. The van der Waals surface area contributed by atoms with Crippen LogP contribution >= 0.6 is 24.4 Å². The molecule has 86 valence electrons. The van der Waals surface area contributed by atoms with Crippen LogP contribution in [-0.4, -0.2) is 34.9 Å². The summed E-state index contributed by atoms with van der Waals surface area (Å²) in [4.78, 5) is 15.0. The molecular weight excluding hydrogens is 238 g/mol. The maximum atomic E-state index is 12.1. The maximum Gasteiger partial charge on any atom is 0.253 e. The Kier molecular flexibility index (Phi) is 3.82. The highest BCUT2D eigenvalue weighted by Crippen LogP contribution is 2.19. The Balaban J connectivity index is 2.09. The van der Waals surface area contributed by atoms with E-state index >= 15 is 0 Å². The van der Waals surface area contributed by atoms with E-state index in [2.05, 4.69) is 19.6 Å². The van der Waals surface area contributed by atoms with Gasteiger partial charge in [-0.2, -0.15) is 11.8 Å². The van der Waals surface area contributed by atoms with Gasteiger partial charge in [-0.25, -0.2) is 0 Å². The zero-order valence-corrected chi connectivity index (χ0v) is 10.9. The van der Waals surface area contributed by atoms with Crippen LogP contribution in [0.15, 0.2) is 29.2 Å². The number of thioether (sulfide) groups is 1. The quantitative estimate of drug-likeness (QED) is 0.776. The third-order valence-corrected chi connectivity index (χ3v) is 4.08. The van der Waals surface area contributed by atoms with E-state index in [1.165, 1.54) is 0 Å². The third-order valence-electron chi connectivity index (χ3n) is 2.64. The first kappa shape index (κ1) is 11.9. The van der Waals surface area contributed by atoms with Crippen LogP contribution in [0.4, 0.5) is 0 Å². The molecule has 1 aromatic rings. The second kappa shape index (κ2) is 5.15. The normalized spacial score (nSPS) is 20.9. The summed E-state index contributed by atoms with van der Waals surface area (Å²) in [5, 5.41) is 0.543. The number of benzene rings is 1. The summed E-state index contributed by atoms with van der Waals surface area (Å²) in [5.41, 5.74) is 0.761. The van der Waals surface area contributed by atoms with Crippen molar-refractivity contribution in [3.05, 3.63) is 29.8 Å². The van der Waals surface area contributed by atoms with Gasteiger partial charge < -0.3 is 4.90 Å². The fourth-order valence-corrected chi connectivity index (χ4v) is 2.95. The highest BCUT2D eigenvalue weighted by Gasteiger charge is 2.21. The van der Waals surface area contributed by atoms with Gasteiger partial charge in [0.2, 0.25) is 0 Å². The van der Waals surface area contributed by atoms with E-state index in [1.807, 2.05) is 40.9 Å². The molecule has 1 unspecified atom stereocenters. The number of amides is 1. The average molecular weight is 253 g/mol. The van der Waals surface area contributed by atoms with Crippen LogP contribution in [0.25, 0.3) is 0 Å². The van der Waals surface area contributed by atoms with Gasteiger partial charge >= 0.3 is 0 Å². The molecule has 1 saturated heterocycles. The summed E-state index contributed by atoms with van der Waals surface area (Å²) < 4.78 is 0. The molecule has 1 atom stereocenters. The van der Waals surface area contributed by atoms with Gasteiger partial charge in [0.15, 0.2) is 0 Å². The standard InChI is InChI=1S/C12H15NOS2/c1-9-8-13(6-7-16-9)12(14)10-2-4-11(15)5-3-10/h2-5,9,15H,6-8H2,1H3. The molecule has 1 amide bonds. The molecule has 0 spiro atoms. The Labute approximate surface area is 106 Å². The minimum absolute atomic E-state index is 0.139. The number of carbonyl (C=O) groups excluding carboxylic acids is 1. The fourth-order valence-electron chi connectivity index (χ4n) is 1.79. The summed E-state index contributed by atoms with van der Waals surface area (Å²) >= 11 is 6.14. The van der Waals surface area contributed by atoms with E-state index < -0.39 is 0 Å². The van der Waals surface area contributed by atoms with Crippen LogP contribution in [-0.2, 0) is 0 Å². The number of rotatable bonds is 1. The Hall–Kier alpha value is -0.610. The van der Waals surface area contributed by atoms with Crippen LogP contribution in [0.1, 0.15) is 17.3 Å². The molecule has 0 aromatic heterocycles. The lowest BCUT2D eigenvalue weighted by Crippen LogP contribution is -2.40. The molecule has 0 N–H and O–H groups in total. The van der Waals surface area contributed by atoms with Gasteiger partial charge in [-0.3, -0.25) is 4.79 Å². The zero-order valence-electron chi connectivity index (χ0n) is 9.22. The third kappa shape index (κ3) is 2.74. The SMILES string of the molecule is CC1CN(C(=O)c2ccc(S)cc2)CCS1. The van der Waals surface area contributed by atoms with Gasteiger partial charge in [-0.15, -0.1) is 12.6 Å². The van der Waals surface area contributed by atoms with Gasteiger partial charge in [0.05, 0.1) is 0 Å².